The first-order chi connectivity index (χ1) is 8.31. The molecule has 0 aromatic heterocycles. The van der Waals surface area contributed by atoms with Crippen LogP contribution in [-0.4, -0.2) is 51.1 Å². The van der Waals surface area contributed by atoms with Gasteiger partial charge >= 0.3 is 17.9 Å². The van der Waals surface area contributed by atoms with Gasteiger partial charge < -0.3 is 15.3 Å². The van der Waals surface area contributed by atoms with Crippen molar-refractivity contribution in [1.82, 2.24) is 0 Å². The summed E-state index contributed by atoms with van der Waals surface area (Å²) in [5.41, 5.74) is 0. The third-order valence-corrected chi connectivity index (χ3v) is 0.547. The molecule has 0 saturated carbocycles. The van der Waals surface area contributed by atoms with Gasteiger partial charge in [-0.1, -0.05) is 0 Å². The average Bonchev–Trinajstić information content (AvgIpc) is 2.18. The Kier molecular flexibility index (Phi) is 27.4. The van der Waals surface area contributed by atoms with Crippen LogP contribution in [0.2, 0.25) is 0 Å². The van der Waals surface area contributed by atoms with Crippen LogP contribution < -0.4 is 0 Å². The van der Waals surface area contributed by atoms with Crippen molar-refractivity contribution in [3.8, 4) is 0 Å². The van der Waals surface area contributed by atoms with Crippen molar-refractivity contribution >= 4 is 35.7 Å². The molecule has 0 unspecified atom stereocenters. The third-order valence-electron chi connectivity index (χ3n) is 0.547. The average molecular weight is 314 g/mol. The fraction of sp³-hybridized carbons (Fsp3) is 0. The van der Waals surface area contributed by atoms with E-state index in [0.717, 1.165) is 17.8 Å². The van der Waals surface area contributed by atoms with Gasteiger partial charge in [-0.25, -0.2) is 28.8 Å². The van der Waals surface area contributed by atoms with Crippen LogP contribution in [0.1, 0.15) is 0 Å². The molecule has 9 nitrogen and oxygen atoms in total. The fourth-order valence-corrected chi connectivity index (χ4v) is 0.151. The summed E-state index contributed by atoms with van der Waals surface area (Å²) in [6.45, 7) is 0. The molecular formula is C9H6FeO9. The third kappa shape index (κ3) is 68.3. The van der Waals surface area contributed by atoms with Gasteiger partial charge in [0.1, 0.15) is 36.1 Å². The molecule has 0 heterocycles. The number of carbonyl (C=O) groups is 3. The second-order valence-corrected chi connectivity index (χ2v) is 1.80. The molecule has 0 aliphatic rings. The standard InChI is InChI=1S/3C3H2O3.Fe/c3*4-2-1-3(5)6;/h3*1H,(H,5,6);. The minimum absolute atomic E-state index is 0. The molecule has 0 spiro atoms. The normalized spacial score (nSPS) is 5.68. The number of hydrogen-bond donors (Lipinski definition) is 3. The molecule has 0 bridgehead atoms. The van der Waals surface area contributed by atoms with E-state index < -0.39 is 17.9 Å². The van der Waals surface area contributed by atoms with Gasteiger partial charge in [0.05, 0.1) is 0 Å². The topological polar surface area (TPSA) is 163 Å². The summed E-state index contributed by atoms with van der Waals surface area (Å²) < 4.78 is 0. The van der Waals surface area contributed by atoms with E-state index in [-0.39, 0.29) is 17.1 Å². The zero-order chi connectivity index (χ0) is 15.0. The molecule has 0 aliphatic heterocycles. The van der Waals surface area contributed by atoms with Gasteiger partial charge in [-0.05, 0) is 0 Å². The van der Waals surface area contributed by atoms with Crippen LogP contribution in [0, 0.1) is 0 Å². The summed E-state index contributed by atoms with van der Waals surface area (Å²) in [5, 5.41) is 22.8. The summed E-state index contributed by atoms with van der Waals surface area (Å²) >= 11 is 0. The Morgan fingerprint density at radius 3 is 0.789 bits per heavy atom. The molecule has 0 atom stereocenters. The zero-order valence-corrected chi connectivity index (χ0v) is 9.98. The quantitative estimate of drug-likeness (QED) is 0.315. The monoisotopic (exact) mass is 314 g/mol. The van der Waals surface area contributed by atoms with Gasteiger partial charge in [0.25, 0.3) is 0 Å². The second-order valence-electron chi connectivity index (χ2n) is 1.80. The maximum Gasteiger partial charge on any atom is 0.339 e. The summed E-state index contributed by atoms with van der Waals surface area (Å²) in [5.74, 6) is -0.500. The Labute approximate surface area is 116 Å². The van der Waals surface area contributed by atoms with E-state index in [1.54, 1.807) is 0 Å². The number of aliphatic carboxylic acids is 3. The molecule has 0 aromatic rings. The summed E-state index contributed by atoms with van der Waals surface area (Å²) in [4.78, 5) is 55.0. The molecule has 0 aliphatic carbocycles. The first-order valence-corrected chi connectivity index (χ1v) is 3.63. The second kappa shape index (κ2) is 20.7. The summed E-state index contributed by atoms with van der Waals surface area (Å²) in [7, 11) is 0. The number of hydrogen-bond acceptors (Lipinski definition) is 6. The number of carboxylic acid groups (broad SMARTS) is 3. The first kappa shape index (κ1) is 25.2. The van der Waals surface area contributed by atoms with Crippen LogP contribution >= 0.6 is 0 Å². The van der Waals surface area contributed by atoms with Crippen molar-refractivity contribution < 1.29 is 61.2 Å². The van der Waals surface area contributed by atoms with Gasteiger partial charge in [-0.3, -0.25) is 0 Å². The summed E-state index contributed by atoms with van der Waals surface area (Å²) in [6, 6.07) is 0. The minimum atomic E-state index is -1.26. The van der Waals surface area contributed by atoms with Gasteiger partial charge in [-0.2, -0.15) is 0 Å². The van der Waals surface area contributed by atoms with Crippen LogP contribution in [0.15, 0.2) is 18.2 Å². The van der Waals surface area contributed by atoms with Crippen molar-refractivity contribution in [2.75, 3.05) is 0 Å². The fourth-order valence-electron chi connectivity index (χ4n) is 0.151. The zero-order valence-electron chi connectivity index (χ0n) is 8.88. The van der Waals surface area contributed by atoms with E-state index in [1.165, 1.54) is 0 Å². The predicted molar refractivity (Wildman–Crippen MR) is 53.7 cm³/mol. The van der Waals surface area contributed by atoms with Crippen molar-refractivity contribution in [3.05, 3.63) is 18.2 Å². The molecule has 0 saturated heterocycles. The molecule has 0 fully saturated rings. The maximum absolute atomic E-state index is 9.28. The van der Waals surface area contributed by atoms with Gasteiger partial charge in [0.15, 0.2) is 0 Å². The van der Waals surface area contributed by atoms with Gasteiger partial charge in [-0.15, -0.1) is 0 Å². The minimum Gasteiger partial charge on any atom is -0.478 e. The first-order valence-electron chi connectivity index (χ1n) is 3.63. The van der Waals surface area contributed by atoms with E-state index in [4.69, 9.17) is 29.7 Å². The number of carboxylic acids is 3. The van der Waals surface area contributed by atoms with Crippen molar-refractivity contribution in [2.24, 2.45) is 0 Å². The molecule has 0 rings (SSSR count). The molecule has 10 heteroatoms. The molecule has 0 aromatic carbocycles. The Morgan fingerprint density at radius 2 is 0.789 bits per heavy atom. The van der Waals surface area contributed by atoms with Crippen LogP contribution in [0.25, 0.3) is 0 Å². The van der Waals surface area contributed by atoms with Crippen LogP contribution in [0.3, 0.4) is 0 Å². The Hall–Kier alpha value is -2.72. The SMILES string of the molecule is O=C=CC(=O)O.O=C=CC(=O)O.O=C=CC(=O)O.[Fe]. The molecular weight excluding hydrogens is 308 g/mol. The largest absolute Gasteiger partial charge is 0.478 e. The smallest absolute Gasteiger partial charge is 0.339 e. The Morgan fingerprint density at radius 1 is 0.632 bits per heavy atom. The molecule has 19 heavy (non-hydrogen) atoms. The Bertz CT molecular complexity index is 368. The number of carbonyl (C=O) groups excluding carboxylic acids is 3. The predicted octanol–water partition coefficient (Wildman–Crippen LogP) is -1.63. The molecule has 104 valence electrons. The van der Waals surface area contributed by atoms with Gasteiger partial charge in [0, 0.05) is 17.1 Å². The van der Waals surface area contributed by atoms with E-state index >= 15 is 0 Å². The van der Waals surface area contributed by atoms with E-state index in [2.05, 4.69) is 0 Å². The van der Waals surface area contributed by atoms with E-state index in [9.17, 15) is 14.4 Å². The van der Waals surface area contributed by atoms with Crippen LogP contribution in [0.4, 0.5) is 0 Å². The van der Waals surface area contributed by atoms with Gasteiger partial charge in [0.2, 0.25) is 0 Å². The molecule has 3 N–H and O–H groups in total. The van der Waals surface area contributed by atoms with Crippen molar-refractivity contribution in [2.45, 2.75) is 0 Å². The van der Waals surface area contributed by atoms with Crippen molar-refractivity contribution in [1.29, 1.82) is 0 Å². The van der Waals surface area contributed by atoms with E-state index in [0.29, 0.717) is 18.2 Å². The molecule has 0 radical (unpaired) electrons. The van der Waals surface area contributed by atoms with Crippen LogP contribution in [0.5, 0.6) is 0 Å². The molecule has 0 amide bonds. The Balaban J connectivity index is -0.0000000865. The van der Waals surface area contributed by atoms with Crippen LogP contribution in [-0.2, 0) is 45.8 Å². The maximum atomic E-state index is 9.28. The summed E-state index contributed by atoms with van der Waals surface area (Å²) in [6.07, 6.45) is 1.21. The van der Waals surface area contributed by atoms with E-state index in [1.807, 2.05) is 0 Å². The number of rotatable bonds is 3. The van der Waals surface area contributed by atoms with Crippen molar-refractivity contribution in [3.63, 3.8) is 0 Å².